The van der Waals surface area contributed by atoms with Crippen LogP contribution in [0.15, 0.2) is 60.7 Å². The van der Waals surface area contributed by atoms with Gasteiger partial charge in [-0.2, -0.15) is 27.0 Å². The van der Waals surface area contributed by atoms with Gasteiger partial charge in [-0.3, -0.25) is 0 Å². The highest BCUT2D eigenvalue weighted by Gasteiger charge is 2.21. The second-order valence-corrected chi connectivity index (χ2v) is 5.28. The van der Waals surface area contributed by atoms with Crippen molar-refractivity contribution in [1.82, 2.24) is 0 Å². The Labute approximate surface area is 146 Å². The van der Waals surface area contributed by atoms with Crippen LogP contribution in [0.2, 0.25) is 0 Å². The van der Waals surface area contributed by atoms with Crippen molar-refractivity contribution in [2.45, 2.75) is 18.9 Å². The molecule has 0 fully saturated rings. The van der Waals surface area contributed by atoms with Gasteiger partial charge in [-0.15, -0.1) is 0 Å². The van der Waals surface area contributed by atoms with Gasteiger partial charge in [-0.25, -0.2) is 0 Å². The van der Waals surface area contributed by atoms with E-state index in [2.05, 4.69) is 77.8 Å². The number of anilines is 1. The maximum Gasteiger partial charge on any atom is 0.0590 e. The molecule has 4 heteroatoms. The number of para-hydroxylation sites is 1. The molecule has 21 heavy (non-hydrogen) atoms. The van der Waals surface area contributed by atoms with E-state index in [4.69, 9.17) is 0 Å². The molecule has 0 aromatic heterocycles. The van der Waals surface area contributed by atoms with Crippen molar-refractivity contribution in [2.75, 3.05) is 4.31 Å². The normalized spacial score (nSPS) is 16.8. The molecule has 1 aliphatic rings. The third kappa shape index (κ3) is 4.25. The molecule has 2 aromatic carbocycles. The Bertz CT molecular complexity index is 584. The second-order valence-electron chi connectivity index (χ2n) is 4.85. The van der Waals surface area contributed by atoms with Crippen molar-refractivity contribution in [1.29, 1.82) is 0 Å². The molecule has 0 bridgehead atoms. The molecule has 1 heterocycles. The van der Waals surface area contributed by atoms with Gasteiger partial charge in [0.15, 0.2) is 0 Å². The predicted molar refractivity (Wildman–Crippen MR) is 106 cm³/mol. The summed E-state index contributed by atoms with van der Waals surface area (Å²) in [4.78, 5) is 0. The number of thiol groups is 1. The lowest BCUT2D eigenvalue weighted by atomic mass is 9.97. The maximum atomic E-state index is 4.66. The largest absolute Gasteiger partial charge is 0.312 e. The average Bonchev–Trinajstić information content (AvgIpc) is 2.48. The number of aryl methyl sites for hydroxylation is 1. The van der Waals surface area contributed by atoms with Gasteiger partial charge in [0.05, 0.1) is 11.7 Å². The zero-order valence-corrected chi connectivity index (χ0v) is 14.6. The second kappa shape index (κ2) is 8.47. The molecule has 1 nitrogen and oxygen atoms in total. The molecular weight excluding hydrogens is 314 g/mol. The molecule has 0 spiro atoms. The van der Waals surface area contributed by atoms with Crippen molar-refractivity contribution < 1.29 is 0 Å². The van der Waals surface area contributed by atoms with Crippen LogP contribution in [0, 0.1) is 0 Å². The van der Waals surface area contributed by atoms with Gasteiger partial charge < -0.3 is 4.31 Å². The lowest BCUT2D eigenvalue weighted by Crippen LogP contribution is -2.30. The first-order chi connectivity index (χ1) is 9.34. The molecule has 0 N–H and O–H groups in total. The highest BCUT2D eigenvalue weighted by atomic mass is 32.1. The molecule has 0 amide bonds. The molecule has 0 radical (unpaired) electrons. The third-order valence-corrected chi connectivity index (χ3v) is 4.08. The van der Waals surface area contributed by atoms with E-state index in [-0.39, 0.29) is 27.0 Å². The maximum absolute atomic E-state index is 4.66. The smallest absolute Gasteiger partial charge is 0.0590 e. The van der Waals surface area contributed by atoms with E-state index in [0.717, 1.165) is 12.8 Å². The lowest BCUT2D eigenvalue weighted by Gasteiger charge is -2.32. The van der Waals surface area contributed by atoms with E-state index in [9.17, 15) is 0 Å². The van der Waals surface area contributed by atoms with Crippen LogP contribution in [0.3, 0.4) is 0 Å². The Morgan fingerprint density at radius 1 is 0.952 bits per heavy atom. The van der Waals surface area contributed by atoms with Gasteiger partial charge in [-0.1, -0.05) is 73.5 Å². The first-order valence-electron chi connectivity index (χ1n) is 6.64. The Kier molecular flexibility index (Phi) is 7.29. The summed E-state index contributed by atoms with van der Waals surface area (Å²) in [7, 11) is 0. The van der Waals surface area contributed by atoms with Gasteiger partial charge in [0.25, 0.3) is 0 Å². The monoisotopic (exact) mass is 335 g/mol. The van der Waals surface area contributed by atoms with Crippen LogP contribution in [-0.2, 0) is 6.42 Å². The minimum Gasteiger partial charge on any atom is -0.312 e. The number of fused-ring (bicyclic) bond motifs is 1. The molecule has 1 unspecified atom stereocenters. The van der Waals surface area contributed by atoms with Crippen molar-refractivity contribution in [3.63, 3.8) is 0 Å². The zero-order valence-electron chi connectivity index (χ0n) is 11.7. The Balaban J connectivity index is 0.00000110. The van der Waals surface area contributed by atoms with Gasteiger partial charge >= 0.3 is 0 Å². The van der Waals surface area contributed by atoms with Crippen molar-refractivity contribution in [3.8, 4) is 0 Å². The highest BCUT2D eigenvalue weighted by molar-refractivity contribution is 7.81. The summed E-state index contributed by atoms with van der Waals surface area (Å²) in [6.45, 7) is 0. The first kappa shape index (κ1) is 18.1. The molecule has 0 aliphatic carbocycles. The van der Waals surface area contributed by atoms with Gasteiger partial charge in [0.2, 0.25) is 0 Å². The average molecular weight is 336 g/mol. The topological polar surface area (TPSA) is 3.24 Å². The fourth-order valence-corrected chi connectivity index (χ4v) is 2.90. The molecule has 1 aliphatic heterocycles. The quantitative estimate of drug-likeness (QED) is 0.786. The minimum atomic E-state index is 0. The van der Waals surface area contributed by atoms with Crippen LogP contribution in [-0.4, -0.2) is 6.04 Å². The van der Waals surface area contributed by atoms with Gasteiger partial charge in [0, 0.05) is 0 Å². The highest BCUT2D eigenvalue weighted by Crippen LogP contribution is 2.32. The molecule has 0 saturated heterocycles. The van der Waals surface area contributed by atoms with Crippen LogP contribution in [0.5, 0.6) is 0 Å². The summed E-state index contributed by atoms with van der Waals surface area (Å²) in [6.07, 6.45) is 6.67. The van der Waals surface area contributed by atoms with Gasteiger partial charge in [-0.05, 0) is 30.0 Å². The Morgan fingerprint density at radius 2 is 1.62 bits per heavy atom. The van der Waals surface area contributed by atoms with Crippen LogP contribution >= 0.6 is 39.8 Å². The molecule has 112 valence electrons. The van der Waals surface area contributed by atoms with E-state index in [1.807, 2.05) is 6.07 Å². The summed E-state index contributed by atoms with van der Waals surface area (Å²) in [5, 5.41) is 0. The zero-order chi connectivity index (χ0) is 13.1. The van der Waals surface area contributed by atoms with Crippen LogP contribution in [0.4, 0.5) is 5.69 Å². The standard InChI is InChI=1S/C17H17NS.2H2S/c19-18-16(12-10-14-6-2-1-3-7-14)13-11-15-8-4-5-9-17(15)18;;/h1-10,12,16,19H,11,13H2;2*1H2. The Morgan fingerprint density at radius 3 is 2.38 bits per heavy atom. The molecular formula is C17H21NS3. The van der Waals surface area contributed by atoms with E-state index < -0.39 is 0 Å². The van der Waals surface area contributed by atoms with Crippen LogP contribution in [0.1, 0.15) is 17.5 Å². The number of hydrogen-bond donors (Lipinski definition) is 1. The van der Waals surface area contributed by atoms with Crippen LogP contribution < -0.4 is 4.31 Å². The van der Waals surface area contributed by atoms with Crippen LogP contribution in [0.25, 0.3) is 6.08 Å². The van der Waals surface area contributed by atoms with E-state index >= 15 is 0 Å². The fourth-order valence-electron chi connectivity index (χ4n) is 2.51. The summed E-state index contributed by atoms with van der Waals surface area (Å²) in [5.41, 5.74) is 3.87. The van der Waals surface area contributed by atoms with E-state index in [1.54, 1.807) is 0 Å². The van der Waals surface area contributed by atoms with Crippen molar-refractivity contribution in [3.05, 3.63) is 71.8 Å². The lowest BCUT2D eigenvalue weighted by molar-refractivity contribution is 0.697. The summed E-state index contributed by atoms with van der Waals surface area (Å²) in [6, 6.07) is 19.3. The summed E-state index contributed by atoms with van der Waals surface area (Å²) >= 11 is 4.66. The number of benzene rings is 2. The SMILES string of the molecule is S.S.SN1c2ccccc2CCC1C=Cc1ccccc1. The first-order valence-corrected chi connectivity index (χ1v) is 7.04. The fraction of sp³-hybridized carbons (Fsp3) is 0.176. The third-order valence-electron chi connectivity index (χ3n) is 3.57. The molecule has 3 rings (SSSR count). The molecule has 1 atom stereocenters. The van der Waals surface area contributed by atoms with Crippen molar-refractivity contribution >= 4 is 51.6 Å². The predicted octanol–water partition coefficient (Wildman–Crippen LogP) is 4.59. The van der Waals surface area contributed by atoms with E-state index in [1.165, 1.54) is 16.8 Å². The Hall–Kier alpha value is -0.970. The van der Waals surface area contributed by atoms with E-state index in [0.29, 0.717) is 6.04 Å². The summed E-state index contributed by atoms with van der Waals surface area (Å²) < 4.78 is 2.08. The van der Waals surface area contributed by atoms with Crippen molar-refractivity contribution in [2.24, 2.45) is 0 Å². The summed E-state index contributed by atoms with van der Waals surface area (Å²) in [5.74, 6) is 0. The van der Waals surface area contributed by atoms with Gasteiger partial charge in [0.1, 0.15) is 0 Å². The molecule has 0 saturated carbocycles. The number of rotatable bonds is 2. The number of nitrogens with zero attached hydrogens (tertiary/aromatic N) is 1. The minimum absolute atomic E-state index is 0. The number of hydrogen-bond acceptors (Lipinski definition) is 2. The molecule has 2 aromatic rings.